The van der Waals surface area contributed by atoms with Crippen molar-refractivity contribution in [2.75, 3.05) is 7.11 Å². The highest BCUT2D eigenvalue weighted by atomic mass is 16.5. The van der Waals surface area contributed by atoms with Crippen LogP contribution < -0.4 is 4.74 Å². The van der Waals surface area contributed by atoms with Gasteiger partial charge in [-0.1, -0.05) is 51.1 Å². The molecule has 2 aromatic rings. The summed E-state index contributed by atoms with van der Waals surface area (Å²) in [6.07, 6.45) is 5.68. The third-order valence-electron chi connectivity index (χ3n) is 6.15. The Labute approximate surface area is 177 Å². The maximum Gasteiger partial charge on any atom is 0.335 e. The summed E-state index contributed by atoms with van der Waals surface area (Å²) < 4.78 is 5.66. The molecule has 158 valence electrons. The lowest BCUT2D eigenvalue weighted by atomic mass is 9.63. The monoisotopic (exact) mass is 407 g/mol. The molecule has 0 fully saturated rings. The summed E-state index contributed by atoms with van der Waals surface area (Å²) in [6.45, 7) is 8.99. The minimum atomic E-state index is -0.965. The highest BCUT2D eigenvalue weighted by Gasteiger charge is 2.38. The van der Waals surface area contributed by atoms with Gasteiger partial charge in [0.25, 0.3) is 0 Å². The lowest BCUT2D eigenvalue weighted by molar-refractivity contribution is 0.0697. The third-order valence-corrected chi connectivity index (χ3v) is 6.15. The first-order valence-electron chi connectivity index (χ1n) is 10.1. The number of methoxy groups -OCH3 is 1. The molecule has 0 spiro atoms. The smallest absolute Gasteiger partial charge is 0.335 e. The molecule has 1 aliphatic carbocycles. The highest BCUT2D eigenvalue weighted by molar-refractivity contribution is 6.12. The number of oxime groups is 1. The number of nitrogens with zero attached hydrogens (tertiary/aromatic N) is 1. The molecular weight excluding hydrogens is 378 g/mol. The summed E-state index contributed by atoms with van der Waals surface area (Å²) in [5.74, 6) is -0.300. The summed E-state index contributed by atoms with van der Waals surface area (Å²) in [7, 11) is 1.62. The molecule has 0 aromatic heterocycles. The van der Waals surface area contributed by atoms with Crippen molar-refractivity contribution in [2.24, 2.45) is 5.16 Å². The van der Waals surface area contributed by atoms with Gasteiger partial charge in [-0.15, -0.1) is 0 Å². The average Bonchev–Trinajstić information content (AvgIpc) is 2.72. The Morgan fingerprint density at radius 3 is 2.10 bits per heavy atom. The van der Waals surface area contributed by atoms with E-state index in [0.29, 0.717) is 11.5 Å². The van der Waals surface area contributed by atoms with Crippen LogP contribution in [0.5, 0.6) is 5.75 Å². The van der Waals surface area contributed by atoms with E-state index in [-0.39, 0.29) is 16.4 Å². The number of ether oxygens (including phenoxy) is 1. The van der Waals surface area contributed by atoms with Gasteiger partial charge in [-0.05, 0) is 70.7 Å². The average molecular weight is 408 g/mol. The topological polar surface area (TPSA) is 79.1 Å². The van der Waals surface area contributed by atoms with Gasteiger partial charge >= 0.3 is 5.97 Å². The van der Waals surface area contributed by atoms with E-state index < -0.39 is 5.97 Å². The van der Waals surface area contributed by atoms with Gasteiger partial charge in [0.1, 0.15) is 11.5 Å². The van der Waals surface area contributed by atoms with Gasteiger partial charge in [0, 0.05) is 5.56 Å². The Balaban J connectivity index is 2.03. The summed E-state index contributed by atoms with van der Waals surface area (Å²) in [6, 6.07) is 10.7. The zero-order valence-corrected chi connectivity index (χ0v) is 18.2. The molecule has 0 atom stereocenters. The summed E-state index contributed by atoms with van der Waals surface area (Å²) in [4.78, 5) is 11.0. The molecule has 0 amide bonds. The molecule has 3 rings (SSSR count). The molecule has 0 heterocycles. The van der Waals surface area contributed by atoms with Crippen LogP contribution in [-0.2, 0) is 10.8 Å². The van der Waals surface area contributed by atoms with E-state index >= 15 is 0 Å². The van der Waals surface area contributed by atoms with Crippen LogP contribution in [0, 0.1) is 0 Å². The van der Waals surface area contributed by atoms with Crippen LogP contribution in [0.15, 0.2) is 47.6 Å². The first-order chi connectivity index (χ1) is 14.1. The van der Waals surface area contributed by atoms with Crippen molar-refractivity contribution in [1.29, 1.82) is 0 Å². The summed E-state index contributed by atoms with van der Waals surface area (Å²) in [5, 5.41) is 22.3. The molecule has 2 N–H and O–H groups in total. The molecule has 0 saturated heterocycles. The minimum absolute atomic E-state index is 0.0167. The second-order valence-electron chi connectivity index (χ2n) is 9.11. The Morgan fingerprint density at radius 2 is 1.60 bits per heavy atom. The van der Waals surface area contributed by atoms with E-state index in [1.807, 2.05) is 0 Å². The normalized spacial score (nSPS) is 17.6. The van der Waals surface area contributed by atoms with Crippen molar-refractivity contribution in [3.63, 3.8) is 0 Å². The van der Waals surface area contributed by atoms with Crippen molar-refractivity contribution in [1.82, 2.24) is 0 Å². The standard InChI is InChI=1S/C25H29NO4/c1-24(2)12-13-25(3,4)20-15-22(30-5)18(14-19(20)24)21(26-29)11-8-16-6-9-17(10-7-16)23(27)28/h6-11,14-15,29H,12-13H2,1-5H3,(H,27,28)/b11-8+,26-21+. The maximum atomic E-state index is 11.0. The van der Waals surface area contributed by atoms with Crippen molar-refractivity contribution in [3.05, 3.63) is 70.3 Å². The maximum absolute atomic E-state index is 11.0. The first kappa shape index (κ1) is 21.6. The fraction of sp³-hybridized carbons (Fsp3) is 0.360. The molecule has 2 aromatic carbocycles. The molecule has 5 nitrogen and oxygen atoms in total. The van der Waals surface area contributed by atoms with Crippen LogP contribution in [0.4, 0.5) is 0 Å². The third kappa shape index (κ3) is 4.11. The van der Waals surface area contributed by atoms with Crippen LogP contribution in [0.3, 0.4) is 0 Å². The SMILES string of the molecule is COc1cc2c(cc1C(/C=C/c1ccc(C(=O)O)cc1)=N/O)C(C)(C)CCC2(C)C. The zero-order chi connectivity index (χ0) is 22.1. The van der Waals surface area contributed by atoms with Crippen LogP contribution in [0.25, 0.3) is 6.08 Å². The number of carbonyl (C=O) groups is 1. The van der Waals surface area contributed by atoms with Gasteiger partial charge in [-0.3, -0.25) is 0 Å². The van der Waals surface area contributed by atoms with E-state index in [0.717, 1.165) is 24.0 Å². The van der Waals surface area contributed by atoms with Crippen LogP contribution in [-0.4, -0.2) is 29.1 Å². The van der Waals surface area contributed by atoms with Gasteiger partial charge < -0.3 is 15.1 Å². The van der Waals surface area contributed by atoms with Crippen LogP contribution in [0.2, 0.25) is 0 Å². The van der Waals surface area contributed by atoms with Crippen molar-refractivity contribution >= 4 is 17.8 Å². The summed E-state index contributed by atoms with van der Waals surface area (Å²) >= 11 is 0. The lowest BCUT2D eigenvalue weighted by Crippen LogP contribution is -2.34. The minimum Gasteiger partial charge on any atom is -0.496 e. The predicted octanol–water partition coefficient (Wildman–Crippen LogP) is 5.63. The van der Waals surface area contributed by atoms with Gasteiger partial charge in [0.15, 0.2) is 0 Å². The molecule has 30 heavy (non-hydrogen) atoms. The van der Waals surface area contributed by atoms with E-state index in [9.17, 15) is 10.0 Å². The highest BCUT2D eigenvalue weighted by Crippen LogP contribution is 2.47. The molecular formula is C25H29NO4. The number of carboxylic acids is 1. The van der Waals surface area contributed by atoms with Crippen LogP contribution in [0.1, 0.15) is 73.1 Å². The summed E-state index contributed by atoms with van der Waals surface area (Å²) in [5.41, 5.74) is 4.72. The molecule has 0 bridgehead atoms. The van der Waals surface area contributed by atoms with Gasteiger partial charge in [-0.2, -0.15) is 0 Å². The van der Waals surface area contributed by atoms with E-state index in [2.05, 4.69) is 45.0 Å². The van der Waals surface area contributed by atoms with E-state index in [1.54, 1.807) is 43.5 Å². The van der Waals surface area contributed by atoms with Gasteiger partial charge in [0.2, 0.25) is 0 Å². The Hall–Kier alpha value is -3.08. The number of hydrogen-bond acceptors (Lipinski definition) is 4. The van der Waals surface area contributed by atoms with Gasteiger partial charge in [-0.25, -0.2) is 4.79 Å². The lowest BCUT2D eigenvalue weighted by Gasteiger charge is -2.42. The molecule has 0 saturated carbocycles. The van der Waals surface area contributed by atoms with Crippen molar-refractivity contribution in [3.8, 4) is 5.75 Å². The van der Waals surface area contributed by atoms with E-state index in [4.69, 9.17) is 9.84 Å². The van der Waals surface area contributed by atoms with Crippen molar-refractivity contribution < 1.29 is 19.8 Å². The van der Waals surface area contributed by atoms with Crippen LogP contribution >= 0.6 is 0 Å². The largest absolute Gasteiger partial charge is 0.496 e. The number of benzene rings is 2. The molecule has 0 unspecified atom stereocenters. The molecule has 0 radical (unpaired) electrons. The number of carboxylic acid groups (broad SMARTS) is 1. The van der Waals surface area contributed by atoms with E-state index in [1.165, 1.54) is 11.1 Å². The molecule has 5 heteroatoms. The predicted molar refractivity (Wildman–Crippen MR) is 119 cm³/mol. The second kappa shape index (κ2) is 7.98. The number of allylic oxidation sites excluding steroid dienone is 1. The number of fused-ring (bicyclic) bond motifs is 1. The van der Waals surface area contributed by atoms with Gasteiger partial charge in [0.05, 0.1) is 12.7 Å². The number of aromatic carboxylic acids is 1. The fourth-order valence-electron chi connectivity index (χ4n) is 4.05. The molecule has 0 aliphatic heterocycles. The molecule has 1 aliphatic rings. The number of rotatable bonds is 5. The Kier molecular flexibility index (Phi) is 5.75. The fourth-order valence-corrected chi connectivity index (χ4v) is 4.05. The van der Waals surface area contributed by atoms with Crippen molar-refractivity contribution in [2.45, 2.75) is 51.4 Å². The Bertz CT molecular complexity index is 1010. The quantitative estimate of drug-likeness (QED) is 0.382. The second-order valence-corrected chi connectivity index (χ2v) is 9.11. The first-order valence-corrected chi connectivity index (χ1v) is 10.1. The number of hydrogen-bond donors (Lipinski definition) is 2. The Morgan fingerprint density at radius 1 is 1.03 bits per heavy atom. The zero-order valence-electron chi connectivity index (χ0n) is 18.2.